The van der Waals surface area contributed by atoms with Crippen LogP contribution >= 0.6 is 34.8 Å². The summed E-state index contributed by atoms with van der Waals surface area (Å²) in [4.78, 5) is 24.3. The van der Waals surface area contributed by atoms with E-state index >= 15 is 0 Å². The van der Waals surface area contributed by atoms with Crippen LogP contribution in [0.4, 0.5) is 0 Å². The summed E-state index contributed by atoms with van der Waals surface area (Å²) >= 11 is 17.8. The standard InChI is InChI=1S/C17H14Cl3NO3/c1-24-17(23)15(8-11-4-7-13(19)9-14(11)20)21-16(22)10-2-5-12(18)6-3-10/h2-7,9,15H,8H2,1H3,(H,21,22)/t15-/m0/s1. The smallest absolute Gasteiger partial charge is 0.328 e. The molecule has 0 aromatic heterocycles. The van der Waals surface area contributed by atoms with Crippen LogP contribution in [0.2, 0.25) is 15.1 Å². The highest BCUT2D eigenvalue weighted by Gasteiger charge is 2.23. The molecule has 0 spiro atoms. The van der Waals surface area contributed by atoms with Gasteiger partial charge in [-0.05, 0) is 42.0 Å². The summed E-state index contributed by atoms with van der Waals surface area (Å²) < 4.78 is 4.76. The molecule has 2 rings (SSSR count). The van der Waals surface area contributed by atoms with E-state index in [2.05, 4.69) is 5.32 Å². The fraction of sp³-hybridized carbons (Fsp3) is 0.176. The van der Waals surface area contributed by atoms with Gasteiger partial charge in [-0.1, -0.05) is 40.9 Å². The lowest BCUT2D eigenvalue weighted by molar-refractivity contribution is -0.142. The maximum absolute atomic E-state index is 12.3. The van der Waals surface area contributed by atoms with Crippen LogP contribution in [0.3, 0.4) is 0 Å². The second-order valence-electron chi connectivity index (χ2n) is 5.00. The van der Waals surface area contributed by atoms with E-state index in [1.54, 1.807) is 42.5 Å². The van der Waals surface area contributed by atoms with Crippen molar-refractivity contribution >= 4 is 46.7 Å². The van der Waals surface area contributed by atoms with Crippen LogP contribution in [-0.2, 0) is 16.0 Å². The van der Waals surface area contributed by atoms with Crippen LogP contribution < -0.4 is 5.32 Å². The second kappa shape index (κ2) is 8.38. The molecule has 126 valence electrons. The minimum atomic E-state index is -0.878. The van der Waals surface area contributed by atoms with E-state index in [4.69, 9.17) is 39.5 Å². The molecule has 4 nitrogen and oxygen atoms in total. The third kappa shape index (κ3) is 4.87. The van der Waals surface area contributed by atoms with Crippen molar-refractivity contribution < 1.29 is 14.3 Å². The maximum Gasteiger partial charge on any atom is 0.328 e. The highest BCUT2D eigenvalue weighted by Crippen LogP contribution is 2.22. The summed E-state index contributed by atoms with van der Waals surface area (Å²) in [6, 6.07) is 10.4. The van der Waals surface area contributed by atoms with Gasteiger partial charge in [0.15, 0.2) is 0 Å². The lowest BCUT2D eigenvalue weighted by Crippen LogP contribution is -2.43. The number of halogens is 3. The Balaban J connectivity index is 2.17. The molecular formula is C17H14Cl3NO3. The number of benzene rings is 2. The number of hydrogen-bond donors (Lipinski definition) is 1. The lowest BCUT2D eigenvalue weighted by Gasteiger charge is -2.17. The van der Waals surface area contributed by atoms with Crippen molar-refractivity contribution in [1.82, 2.24) is 5.32 Å². The molecule has 1 atom stereocenters. The van der Waals surface area contributed by atoms with Crippen LogP contribution in [-0.4, -0.2) is 25.0 Å². The predicted molar refractivity (Wildman–Crippen MR) is 94.9 cm³/mol. The van der Waals surface area contributed by atoms with Gasteiger partial charge in [0.05, 0.1) is 7.11 Å². The number of rotatable bonds is 5. The number of amides is 1. The van der Waals surface area contributed by atoms with Gasteiger partial charge in [-0.3, -0.25) is 4.79 Å². The Morgan fingerprint density at radius 3 is 2.25 bits per heavy atom. The van der Waals surface area contributed by atoms with Gasteiger partial charge in [0.2, 0.25) is 0 Å². The number of carbonyl (C=O) groups is 2. The summed E-state index contributed by atoms with van der Waals surface area (Å²) in [5.41, 5.74) is 1.06. The van der Waals surface area contributed by atoms with E-state index < -0.39 is 17.9 Å². The van der Waals surface area contributed by atoms with Gasteiger partial charge in [0.1, 0.15) is 6.04 Å². The van der Waals surface area contributed by atoms with Gasteiger partial charge in [0.25, 0.3) is 5.91 Å². The summed E-state index contributed by atoms with van der Waals surface area (Å²) in [7, 11) is 1.26. The van der Waals surface area contributed by atoms with Gasteiger partial charge in [0, 0.05) is 27.1 Å². The summed E-state index contributed by atoms with van der Waals surface area (Å²) in [6.07, 6.45) is 0.183. The lowest BCUT2D eigenvalue weighted by atomic mass is 10.1. The molecule has 0 unspecified atom stereocenters. The number of carbonyl (C=O) groups excluding carboxylic acids is 2. The second-order valence-corrected chi connectivity index (χ2v) is 6.28. The van der Waals surface area contributed by atoms with Crippen LogP contribution in [0.15, 0.2) is 42.5 Å². The molecule has 2 aromatic rings. The van der Waals surface area contributed by atoms with E-state index in [0.29, 0.717) is 26.2 Å². The molecule has 0 bridgehead atoms. The van der Waals surface area contributed by atoms with Crippen LogP contribution in [0.5, 0.6) is 0 Å². The van der Waals surface area contributed by atoms with E-state index in [1.165, 1.54) is 7.11 Å². The van der Waals surface area contributed by atoms with E-state index in [-0.39, 0.29) is 6.42 Å². The highest BCUT2D eigenvalue weighted by atomic mass is 35.5. The SMILES string of the molecule is COC(=O)[C@H](Cc1ccc(Cl)cc1Cl)NC(=O)c1ccc(Cl)cc1. The molecule has 0 radical (unpaired) electrons. The first kappa shape index (κ1) is 18.6. The van der Waals surface area contributed by atoms with Gasteiger partial charge < -0.3 is 10.1 Å². The van der Waals surface area contributed by atoms with Crippen molar-refractivity contribution in [2.45, 2.75) is 12.5 Å². The molecular weight excluding hydrogens is 373 g/mol. The van der Waals surface area contributed by atoms with Crippen molar-refractivity contribution in [3.63, 3.8) is 0 Å². The third-order valence-electron chi connectivity index (χ3n) is 3.34. The Hall–Kier alpha value is -1.75. The van der Waals surface area contributed by atoms with Crippen molar-refractivity contribution in [1.29, 1.82) is 0 Å². The molecule has 0 aliphatic rings. The molecule has 1 amide bonds. The average molecular weight is 387 g/mol. The van der Waals surface area contributed by atoms with Crippen LogP contribution in [0.1, 0.15) is 15.9 Å². The largest absolute Gasteiger partial charge is 0.467 e. The molecule has 0 aliphatic carbocycles. The predicted octanol–water partition coefficient (Wildman–Crippen LogP) is 4.16. The molecule has 0 saturated heterocycles. The first-order valence-corrected chi connectivity index (χ1v) is 8.12. The third-order valence-corrected chi connectivity index (χ3v) is 4.18. The molecule has 0 heterocycles. The minimum absolute atomic E-state index is 0.183. The highest BCUT2D eigenvalue weighted by molar-refractivity contribution is 6.35. The zero-order chi connectivity index (χ0) is 17.7. The Bertz CT molecular complexity index is 747. The number of ether oxygens (including phenoxy) is 1. The molecule has 7 heteroatoms. The summed E-state index contributed by atoms with van der Waals surface area (Å²) in [5.74, 6) is -0.976. The quantitative estimate of drug-likeness (QED) is 0.785. The normalized spacial score (nSPS) is 11.7. The molecule has 24 heavy (non-hydrogen) atoms. The van der Waals surface area contributed by atoms with Gasteiger partial charge in [-0.15, -0.1) is 0 Å². The van der Waals surface area contributed by atoms with Crippen LogP contribution in [0, 0.1) is 0 Å². The zero-order valence-corrected chi connectivity index (χ0v) is 15.0. The first-order valence-electron chi connectivity index (χ1n) is 6.99. The monoisotopic (exact) mass is 385 g/mol. The Morgan fingerprint density at radius 1 is 1.04 bits per heavy atom. The number of nitrogens with one attached hydrogen (secondary N) is 1. The van der Waals surface area contributed by atoms with Crippen LogP contribution in [0.25, 0.3) is 0 Å². The fourth-order valence-corrected chi connectivity index (χ4v) is 2.70. The number of hydrogen-bond acceptors (Lipinski definition) is 3. The van der Waals surface area contributed by atoms with Crippen molar-refractivity contribution in [2.75, 3.05) is 7.11 Å². The minimum Gasteiger partial charge on any atom is -0.467 e. The van der Waals surface area contributed by atoms with E-state index in [1.807, 2.05) is 0 Å². The zero-order valence-electron chi connectivity index (χ0n) is 12.7. The van der Waals surface area contributed by atoms with Crippen molar-refractivity contribution in [3.8, 4) is 0 Å². The maximum atomic E-state index is 12.3. The Kier molecular flexibility index (Phi) is 6.49. The summed E-state index contributed by atoms with van der Waals surface area (Å²) in [6.45, 7) is 0. The van der Waals surface area contributed by atoms with Crippen molar-refractivity contribution in [2.24, 2.45) is 0 Å². The van der Waals surface area contributed by atoms with E-state index in [0.717, 1.165) is 0 Å². The number of methoxy groups -OCH3 is 1. The Morgan fingerprint density at radius 2 is 1.67 bits per heavy atom. The van der Waals surface area contributed by atoms with Gasteiger partial charge in [-0.25, -0.2) is 4.79 Å². The summed E-state index contributed by atoms with van der Waals surface area (Å²) in [5, 5.41) is 4.07. The fourth-order valence-electron chi connectivity index (χ4n) is 2.09. The Labute approximate surface area is 154 Å². The molecule has 2 aromatic carbocycles. The topological polar surface area (TPSA) is 55.4 Å². The molecule has 0 aliphatic heterocycles. The molecule has 0 fully saturated rings. The first-order chi connectivity index (χ1) is 11.4. The molecule has 0 saturated carbocycles. The van der Waals surface area contributed by atoms with Gasteiger partial charge >= 0.3 is 5.97 Å². The number of esters is 1. The van der Waals surface area contributed by atoms with Crippen molar-refractivity contribution in [3.05, 3.63) is 68.7 Å². The molecule has 1 N–H and O–H groups in total. The average Bonchev–Trinajstić information content (AvgIpc) is 2.56. The van der Waals surface area contributed by atoms with Gasteiger partial charge in [-0.2, -0.15) is 0 Å². The van der Waals surface area contributed by atoms with E-state index in [9.17, 15) is 9.59 Å².